The molecule has 36 heavy (non-hydrogen) atoms. The van der Waals surface area contributed by atoms with Gasteiger partial charge in [-0.15, -0.1) is 0 Å². The summed E-state index contributed by atoms with van der Waals surface area (Å²) < 4.78 is 20.7. The Morgan fingerprint density at radius 1 is 1.08 bits per heavy atom. The number of imidazole rings is 1. The average Bonchev–Trinajstić information content (AvgIpc) is 3.54. The molecule has 0 fully saturated rings. The highest BCUT2D eigenvalue weighted by atomic mass is 19.1. The zero-order valence-electron chi connectivity index (χ0n) is 19.5. The van der Waals surface area contributed by atoms with Crippen LogP contribution in [0, 0.1) is 5.82 Å². The summed E-state index contributed by atoms with van der Waals surface area (Å²) in [5.74, 6) is -0.0674. The van der Waals surface area contributed by atoms with Gasteiger partial charge in [0.05, 0.1) is 17.5 Å². The van der Waals surface area contributed by atoms with Gasteiger partial charge in [-0.2, -0.15) is 0 Å². The standard InChI is InChI=1S/C28H24FN3O4/c1-28(35,19-4-2-3-17(13-19)5-10-26(33)34)25-16-31-27(32-25)22-15-21(6-8-23(22)29)36-20-7-9-24-18(14-20)11-12-30-24/h2-4,6-9,11-16,30,35H,5,10H2,1H3,(H,31,32)(H,33,34). The lowest BCUT2D eigenvalue weighted by Gasteiger charge is -2.23. The lowest BCUT2D eigenvalue weighted by atomic mass is 9.91. The molecule has 0 radical (unpaired) electrons. The lowest BCUT2D eigenvalue weighted by Crippen LogP contribution is -2.23. The number of hydrogen-bond acceptors (Lipinski definition) is 4. The van der Waals surface area contributed by atoms with Crippen molar-refractivity contribution < 1.29 is 24.1 Å². The first-order valence-electron chi connectivity index (χ1n) is 11.4. The molecule has 0 aliphatic rings. The van der Waals surface area contributed by atoms with E-state index in [0.717, 1.165) is 16.5 Å². The van der Waals surface area contributed by atoms with E-state index in [9.17, 15) is 14.3 Å². The minimum Gasteiger partial charge on any atom is -0.481 e. The van der Waals surface area contributed by atoms with Crippen LogP contribution in [0.3, 0.4) is 0 Å². The predicted octanol–water partition coefficient (Wildman–Crippen LogP) is 5.76. The highest BCUT2D eigenvalue weighted by Crippen LogP contribution is 2.33. The zero-order valence-corrected chi connectivity index (χ0v) is 19.5. The molecule has 8 heteroatoms. The Labute approximate surface area is 206 Å². The number of fused-ring (bicyclic) bond motifs is 1. The second-order valence-corrected chi connectivity index (χ2v) is 8.78. The molecule has 0 spiro atoms. The quantitative estimate of drug-likeness (QED) is 0.223. The second-order valence-electron chi connectivity index (χ2n) is 8.78. The number of aryl methyl sites for hydroxylation is 1. The van der Waals surface area contributed by atoms with Gasteiger partial charge >= 0.3 is 5.97 Å². The van der Waals surface area contributed by atoms with Gasteiger partial charge in [0.2, 0.25) is 0 Å². The molecule has 0 aliphatic heterocycles. The Hall–Kier alpha value is -4.43. The Morgan fingerprint density at radius 2 is 1.89 bits per heavy atom. The van der Waals surface area contributed by atoms with Crippen molar-refractivity contribution in [2.45, 2.75) is 25.4 Å². The number of rotatable bonds is 8. The van der Waals surface area contributed by atoms with Gasteiger partial charge in [-0.1, -0.05) is 24.3 Å². The van der Waals surface area contributed by atoms with E-state index in [1.807, 2.05) is 36.5 Å². The number of aromatic amines is 2. The lowest BCUT2D eigenvalue weighted by molar-refractivity contribution is -0.136. The largest absolute Gasteiger partial charge is 0.481 e. The summed E-state index contributed by atoms with van der Waals surface area (Å²) in [5, 5.41) is 21.2. The monoisotopic (exact) mass is 485 g/mol. The molecular formula is C28H24FN3O4. The van der Waals surface area contributed by atoms with Crippen molar-refractivity contribution in [3.63, 3.8) is 0 Å². The Balaban J connectivity index is 1.40. The summed E-state index contributed by atoms with van der Waals surface area (Å²) in [6, 6.07) is 19.1. The Kier molecular flexibility index (Phi) is 6.03. The van der Waals surface area contributed by atoms with E-state index in [0.29, 0.717) is 29.2 Å². The van der Waals surface area contributed by atoms with E-state index in [4.69, 9.17) is 9.84 Å². The van der Waals surface area contributed by atoms with Crippen LogP contribution in [0.2, 0.25) is 0 Å². The molecule has 5 aromatic rings. The van der Waals surface area contributed by atoms with Crippen molar-refractivity contribution in [3.8, 4) is 22.9 Å². The number of H-pyrrole nitrogens is 2. The van der Waals surface area contributed by atoms with Crippen LogP contribution in [-0.4, -0.2) is 31.1 Å². The number of carbonyl (C=O) groups is 1. The number of aliphatic hydroxyl groups is 1. The van der Waals surface area contributed by atoms with Gasteiger partial charge in [0.15, 0.2) is 0 Å². The Bertz CT molecular complexity index is 1550. The van der Waals surface area contributed by atoms with E-state index in [-0.39, 0.29) is 17.8 Å². The van der Waals surface area contributed by atoms with E-state index < -0.39 is 17.4 Å². The van der Waals surface area contributed by atoms with Crippen LogP contribution >= 0.6 is 0 Å². The van der Waals surface area contributed by atoms with Gasteiger partial charge in [0.1, 0.15) is 28.7 Å². The molecule has 7 nitrogen and oxygen atoms in total. The van der Waals surface area contributed by atoms with Crippen molar-refractivity contribution in [2.75, 3.05) is 0 Å². The fraction of sp³-hybridized carbons (Fsp3) is 0.143. The van der Waals surface area contributed by atoms with Crippen molar-refractivity contribution in [1.29, 1.82) is 0 Å². The SMILES string of the molecule is CC(O)(c1cccc(CCC(=O)O)c1)c1cnc(-c2cc(Oc3ccc4[nH]ccc4c3)ccc2F)[nH]1. The summed E-state index contributed by atoms with van der Waals surface area (Å²) >= 11 is 0. The first-order valence-corrected chi connectivity index (χ1v) is 11.4. The van der Waals surface area contributed by atoms with E-state index >= 15 is 0 Å². The van der Waals surface area contributed by atoms with Gasteiger partial charge in [0, 0.05) is 23.5 Å². The van der Waals surface area contributed by atoms with Crippen LogP contribution in [0.25, 0.3) is 22.3 Å². The summed E-state index contributed by atoms with van der Waals surface area (Å²) in [6.45, 7) is 1.60. The number of halogens is 1. The molecule has 5 rings (SSSR count). The maximum atomic E-state index is 14.8. The van der Waals surface area contributed by atoms with E-state index in [1.54, 1.807) is 37.3 Å². The molecule has 182 valence electrons. The first-order chi connectivity index (χ1) is 17.3. The van der Waals surface area contributed by atoms with Crippen LogP contribution in [0.4, 0.5) is 4.39 Å². The van der Waals surface area contributed by atoms with Crippen LogP contribution in [0.1, 0.15) is 30.2 Å². The van der Waals surface area contributed by atoms with Crippen molar-refractivity contribution in [1.82, 2.24) is 15.0 Å². The molecule has 4 N–H and O–H groups in total. The molecule has 0 aliphatic carbocycles. The number of nitrogens with zero attached hydrogens (tertiary/aromatic N) is 1. The number of aromatic nitrogens is 3. The number of hydrogen-bond donors (Lipinski definition) is 4. The third-order valence-electron chi connectivity index (χ3n) is 6.17. The zero-order chi connectivity index (χ0) is 25.3. The van der Waals surface area contributed by atoms with E-state index in [2.05, 4.69) is 15.0 Å². The third-order valence-corrected chi connectivity index (χ3v) is 6.17. The van der Waals surface area contributed by atoms with Crippen molar-refractivity contribution in [3.05, 3.63) is 102 Å². The summed E-state index contributed by atoms with van der Waals surface area (Å²) in [4.78, 5) is 21.4. The van der Waals surface area contributed by atoms with Crippen molar-refractivity contribution >= 4 is 16.9 Å². The highest BCUT2D eigenvalue weighted by Gasteiger charge is 2.29. The summed E-state index contributed by atoms with van der Waals surface area (Å²) in [5.41, 5.74) is 1.47. The number of benzene rings is 3. The van der Waals surface area contributed by atoms with Gasteiger partial charge in [0.25, 0.3) is 0 Å². The molecule has 1 unspecified atom stereocenters. The number of aliphatic carboxylic acids is 1. The topological polar surface area (TPSA) is 111 Å². The smallest absolute Gasteiger partial charge is 0.303 e. The minimum absolute atomic E-state index is 0.00344. The second kappa shape index (κ2) is 9.31. The molecule has 2 aromatic heterocycles. The maximum Gasteiger partial charge on any atom is 0.303 e. The Morgan fingerprint density at radius 3 is 2.72 bits per heavy atom. The normalized spacial score (nSPS) is 13.0. The van der Waals surface area contributed by atoms with Gasteiger partial charge in [-0.25, -0.2) is 9.37 Å². The highest BCUT2D eigenvalue weighted by molar-refractivity contribution is 5.80. The predicted molar refractivity (Wildman–Crippen MR) is 133 cm³/mol. The number of nitrogens with one attached hydrogen (secondary N) is 2. The molecule has 3 aromatic carbocycles. The van der Waals surface area contributed by atoms with Crippen LogP contribution in [0.5, 0.6) is 11.5 Å². The number of ether oxygens (including phenoxy) is 1. The molecular weight excluding hydrogens is 461 g/mol. The molecule has 0 saturated heterocycles. The summed E-state index contributed by atoms with van der Waals surface area (Å²) in [7, 11) is 0. The van der Waals surface area contributed by atoms with Crippen LogP contribution in [-0.2, 0) is 16.8 Å². The van der Waals surface area contributed by atoms with Crippen LogP contribution < -0.4 is 4.74 Å². The van der Waals surface area contributed by atoms with Gasteiger partial charge < -0.3 is 24.9 Å². The van der Waals surface area contributed by atoms with Gasteiger partial charge in [-0.3, -0.25) is 4.79 Å². The van der Waals surface area contributed by atoms with E-state index in [1.165, 1.54) is 12.3 Å². The molecule has 2 heterocycles. The third kappa shape index (κ3) is 4.71. The number of carboxylic acids is 1. The average molecular weight is 486 g/mol. The fourth-order valence-electron chi connectivity index (χ4n) is 4.12. The first kappa shape index (κ1) is 23.3. The molecule has 0 bridgehead atoms. The summed E-state index contributed by atoms with van der Waals surface area (Å²) in [6.07, 6.45) is 3.66. The maximum absolute atomic E-state index is 14.8. The fourth-order valence-corrected chi connectivity index (χ4v) is 4.12. The molecule has 0 amide bonds. The molecule has 0 saturated carbocycles. The van der Waals surface area contributed by atoms with Crippen LogP contribution in [0.15, 0.2) is 79.1 Å². The van der Waals surface area contributed by atoms with Gasteiger partial charge in [-0.05, 0) is 66.9 Å². The van der Waals surface area contributed by atoms with Crippen molar-refractivity contribution in [2.24, 2.45) is 0 Å². The molecule has 1 atom stereocenters. The minimum atomic E-state index is -1.46. The number of carboxylic acid groups (broad SMARTS) is 1.